The summed E-state index contributed by atoms with van der Waals surface area (Å²) in [5.41, 5.74) is 0. The summed E-state index contributed by atoms with van der Waals surface area (Å²) < 4.78 is 0. The molecule has 2 atom stereocenters. The summed E-state index contributed by atoms with van der Waals surface area (Å²) >= 11 is 0. The van der Waals surface area contributed by atoms with Crippen molar-refractivity contribution in [1.82, 2.24) is 20.4 Å². The van der Waals surface area contributed by atoms with Gasteiger partial charge in [0.1, 0.15) is 0 Å². The highest BCUT2D eigenvalue weighted by molar-refractivity contribution is 5.81. The number of likely N-dealkylation sites (tertiary alicyclic amines) is 1. The maximum Gasteiger partial charge on any atom is 0.223 e. The molecule has 0 spiro atoms. The van der Waals surface area contributed by atoms with Crippen LogP contribution in [0.4, 0.5) is 0 Å². The number of nitrogens with zero attached hydrogens (tertiary/aromatic N) is 3. The van der Waals surface area contributed by atoms with Gasteiger partial charge in [0.05, 0.1) is 0 Å². The SMILES string of the molecule is CN=C(NCCC(=O)N(C)C)NC1CN(C(C)C)CC1C. The Morgan fingerprint density at radius 3 is 2.52 bits per heavy atom. The number of hydrogen-bond donors (Lipinski definition) is 2. The lowest BCUT2D eigenvalue weighted by molar-refractivity contribution is -0.128. The molecule has 0 aliphatic carbocycles. The van der Waals surface area contributed by atoms with E-state index in [1.165, 1.54) is 0 Å². The van der Waals surface area contributed by atoms with Gasteiger partial charge in [-0.3, -0.25) is 14.7 Å². The van der Waals surface area contributed by atoms with E-state index in [1.54, 1.807) is 26.0 Å². The molecule has 122 valence electrons. The van der Waals surface area contributed by atoms with Crippen LogP contribution in [-0.2, 0) is 4.79 Å². The predicted molar refractivity (Wildman–Crippen MR) is 87.5 cm³/mol. The van der Waals surface area contributed by atoms with Gasteiger partial charge in [-0.1, -0.05) is 6.92 Å². The van der Waals surface area contributed by atoms with Crippen molar-refractivity contribution in [3.05, 3.63) is 0 Å². The number of carbonyl (C=O) groups is 1. The first kappa shape index (κ1) is 17.8. The summed E-state index contributed by atoms with van der Waals surface area (Å²) in [5, 5.41) is 6.70. The first-order chi connectivity index (χ1) is 9.85. The fraction of sp³-hybridized carbons (Fsp3) is 0.867. The predicted octanol–water partition coefficient (Wildman–Crippen LogP) is 0.358. The van der Waals surface area contributed by atoms with E-state index in [4.69, 9.17) is 0 Å². The van der Waals surface area contributed by atoms with Crippen molar-refractivity contribution in [2.24, 2.45) is 10.9 Å². The fourth-order valence-electron chi connectivity index (χ4n) is 2.50. The maximum atomic E-state index is 11.5. The van der Waals surface area contributed by atoms with Crippen LogP contribution in [0.3, 0.4) is 0 Å². The highest BCUT2D eigenvalue weighted by Gasteiger charge is 2.31. The Kier molecular flexibility index (Phi) is 6.95. The van der Waals surface area contributed by atoms with E-state index < -0.39 is 0 Å². The molecule has 0 aromatic heterocycles. The van der Waals surface area contributed by atoms with Gasteiger partial charge in [0.15, 0.2) is 5.96 Å². The zero-order valence-electron chi connectivity index (χ0n) is 14.3. The average molecular weight is 297 g/mol. The van der Waals surface area contributed by atoms with E-state index in [-0.39, 0.29) is 5.91 Å². The van der Waals surface area contributed by atoms with E-state index >= 15 is 0 Å². The Balaban J connectivity index is 2.39. The molecule has 2 N–H and O–H groups in total. The Morgan fingerprint density at radius 2 is 2.05 bits per heavy atom. The standard InChI is InChI=1S/C15H31N5O/c1-11(2)20-9-12(3)13(10-20)18-15(16-4)17-8-7-14(21)19(5)6/h11-13H,7-10H2,1-6H3,(H2,16,17,18). The Labute approximate surface area is 129 Å². The lowest BCUT2D eigenvalue weighted by Crippen LogP contribution is -2.47. The van der Waals surface area contributed by atoms with Crippen LogP contribution in [0.25, 0.3) is 0 Å². The summed E-state index contributed by atoms with van der Waals surface area (Å²) in [5.74, 6) is 1.50. The number of guanidine groups is 1. The average Bonchev–Trinajstić information content (AvgIpc) is 2.78. The van der Waals surface area contributed by atoms with Crippen molar-refractivity contribution in [3.8, 4) is 0 Å². The van der Waals surface area contributed by atoms with Gasteiger partial charge in [0.2, 0.25) is 5.91 Å². The molecule has 0 saturated carbocycles. The molecule has 6 heteroatoms. The van der Waals surface area contributed by atoms with Gasteiger partial charge < -0.3 is 15.5 Å². The number of aliphatic imine (C=N–C) groups is 1. The zero-order chi connectivity index (χ0) is 16.0. The second-order valence-corrected chi connectivity index (χ2v) is 6.31. The molecule has 2 unspecified atom stereocenters. The van der Waals surface area contributed by atoms with Gasteiger partial charge in [-0.2, -0.15) is 0 Å². The van der Waals surface area contributed by atoms with Crippen molar-refractivity contribution in [2.45, 2.75) is 39.3 Å². The van der Waals surface area contributed by atoms with E-state index in [0.29, 0.717) is 31.0 Å². The summed E-state index contributed by atoms with van der Waals surface area (Å²) in [6, 6.07) is 0.982. The van der Waals surface area contributed by atoms with Crippen LogP contribution in [0.2, 0.25) is 0 Å². The van der Waals surface area contributed by atoms with Crippen molar-refractivity contribution in [3.63, 3.8) is 0 Å². The van der Waals surface area contributed by atoms with Gasteiger partial charge in [-0.15, -0.1) is 0 Å². The third-order valence-corrected chi connectivity index (χ3v) is 4.05. The second kappa shape index (κ2) is 8.22. The molecule has 0 bridgehead atoms. The molecule has 1 saturated heterocycles. The topological polar surface area (TPSA) is 60.0 Å². The molecule has 1 fully saturated rings. The van der Waals surface area contributed by atoms with Gasteiger partial charge in [-0.25, -0.2) is 0 Å². The molecule has 1 aliphatic heterocycles. The van der Waals surface area contributed by atoms with E-state index in [0.717, 1.165) is 19.0 Å². The number of rotatable bonds is 5. The van der Waals surface area contributed by atoms with Gasteiger partial charge in [0, 0.05) is 59.3 Å². The van der Waals surface area contributed by atoms with Crippen molar-refractivity contribution >= 4 is 11.9 Å². The van der Waals surface area contributed by atoms with Crippen LogP contribution in [0, 0.1) is 5.92 Å². The number of hydrogen-bond acceptors (Lipinski definition) is 3. The third-order valence-electron chi connectivity index (χ3n) is 4.05. The summed E-state index contributed by atoms with van der Waals surface area (Å²) in [6.07, 6.45) is 0.478. The molecule has 0 radical (unpaired) electrons. The molecule has 21 heavy (non-hydrogen) atoms. The first-order valence-corrected chi connectivity index (χ1v) is 7.76. The Morgan fingerprint density at radius 1 is 1.38 bits per heavy atom. The van der Waals surface area contributed by atoms with Crippen LogP contribution in [-0.4, -0.2) is 74.5 Å². The number of nitrogens with one attached hydrogen (secondary N) is 2. The molecule has 1 aliphatic rings. The smallest absolute Gasteiger partial charge is 0.223 e. The minimum atomic E-state index is 0.123. The van der Waals surface area contributed by atoms with Crippen molar-refractivity contribution in [2.75, 3.05) is 40.8 Å². The van der Waals surface area contributed by atoms with Gasteiger partial charge in [0.25, 0.3) is 0 Å². The molecule has 1 amide bonds. The molecule has 0 aromatic rings. The largest absolute Gasteiger partial charge is 0.356 e. The Hall–Kier alpha value is -1.30. The minimum absolute atomic E-state index is 0.123. The summed E-state index contributed by atoms with van der Waals surface area (Å²) in [4.78, 5) is 19.9. The number of carbonyl (C=O) groups excluding carboxylic acids is 1. The molecule has 6 nitrogen and oxygen atoms in total. The summed E-state index contributed by atoms with van der Waals surface area (Å²) in [7, 11) is 5.31. The molecule has 1 rings (SSSR count). The molecular formula is C15H31N5O. The number of amides is 1. The molecule has 0 aromatic carbocycles. The monoisotopic (exact) mass is 297 g/mol. The quantitative estimate of drug-likeness (QED) is 0.568. The fourth-order valence-corrected chi connectivity index (χ4v) is 2.50. The minimum Gasteiger partial charge on any atom is -0.356 e. The van der Waals surface area contributed by atoms with Gasteiger partial charge in [-0.05, 0) is 19.8 Å². The second-order valence-electron chi connectivity index (χ2n) is 6.31. The highest BCUT2D eigenvalue weighted by Crippen LogP contribution is 2.18. The van der Waals surface area contributed by atoms with E-state index in [1.807, 2.05) is 0 Å². The zero-order valence-corrected chi connectivity index (χ0v) is 14.3. The third kappa shape index (κ3) is 5.53. The van der Waals surface area contributed by atoms with Gasteiger partial charge >= 0.3 is 0 Å². The molecular weight excluding hydrogens is 266 g/mol. The van der Waals surface area contributed by atoms with Crippen LogP contribution in [0.5, 0.6) is 0 Å². The van der Waals surface area contributed by atoms with Crippen molar-refractivity contribution < 1.29 is 4.79 Å². The lowest BCUT2D eigenvalue weighted by atomic mass is 10.1. The summed E-state index contributed by atoms with van der Waals surface area (Å²) in [6.45, 7) is 9.49. The van der Waals surface area contributed by atoms with Crippen molar-refractivity contribution in [1.29, 1.82) is 0 Å². The lowest BCUT2D eigenvalue weighted by Gasteiger charge is -2.22. The molecule has 1 heterocycles. The highest BCUT2D eigenvalue weighted by atomic mass is 16.2. The normalized spacial score (nSPS) is 23.5. The van der Waals surface area contributed by atoms with Crippen LogP contribution in [0.15, 0.2) is 4.99 Å². The van der Waals surface area contributed by atoms with E-state index in [2.05, 4.69) is 41.3 Å². The van der Waals surface area contributed by atoms with Crippen LogP contribution >= 0.6 is 0 Å². The van der Waals surface area contributed by atoms with Crippen LogP contribution in [0.1, 0.15) is 27.2 Å². The maximum absolute atomic E-state index is 11.5. The first-order valence-electron chi connectivity index (χ1n) is 7.76. The Bertz CT molecular complexity index is 367. The van der Waals surface area contributed by atoms with E-state index in [9.17, 15) is 4.79 Å². The van der Waals surface area contributed by atoms with Crippen LogP contribution < -0.4 is 10.6 Å².